The summed E-state index contributed by atoms with van der Waals surface area (Å²) in [5, 5.41) is 18.9. The van der Waals surface area contributed by atoms with Gasteiger partial charge in [0, 0.05) is 13.1 Å². The Labute approximate surface area is 119 Å². The van der Waals surface area contributed by atoms with Crippen molar-refractivity contribution in [1.82, 2.24) is 4.31 Å². The van der Waals surface area contributed by atoms with Gasteiger partial charge in [0.1, 0.15) is 0 Å². The molecule has 2 rings (SSSR count). The first kappa shape index (κ1) is 15.0. The molecule has 1 aromatic rings. The minimum atomic E-state index is -3.60. The highest BCUT2D eigenvalue weighted by Crippen LogP contribution is 2.25. The van der Waals surface area contributed by atoms with Crippen LogP contribution >= 0.6 is 0 Å². The number of aliphatic hydroxyl groups is 1. The molecule has 0 amide bonds. The molecule has 20 heavy (non-hydrogen) atoms. The second kappa shape index (κ2) is 5.52. The average Bonchev–Trinajstić information content (AvgIpc) is 2.60. The second-order valence-corrected chi connectivity index (χ2v) is 7.33. The van der Waals surface area contributed by atoms with Crippen LogP contribution < -0.4 is 0 Å². The largest absolute Gasteiger partial charge is 0.390 e. The average molecular weight is 294 g/mol. The van der Waals surface area contributed by atoms with Crippen LogP contribution in [-0.4, -0.2) is 36.5 Å². The van der Waals surface area contributed by atoms with E-state index >= 15 is 0 Å². The smallest absolute Gasteiger partial charge is 0.243 e. The molecule has 0 bridgehead atoms. The predicted molar refractivity (Wildman–Crippen MR) is 74.4 cm³/mol. The van der Waals surface area contributed by atoms with Crippen molar-refractivity contribution in [2.75, 3.05) is 13.1 Å². The molecule has 0 saturated carbocycles. The maximum Gasteiger partial charge on any atom is 0.243 e. The van der Waals surface area contributed by atoms with Crippen molar-refractivity contribution in [3.8, 4) is 6.07 Å². The zero-order valence-electron chi connectivity index (χ0n) is 11.4. The lowest BCUT2D eigenvalue weighted by molar-refractivity contribution is 0.0465. The molecule has 0 spiro atoms. The van der Waals surface area contributed by atoms with E-state index < -0.39 is 15.6 Å². The molecule has 5 nitrogen and oxygen atoms in total. The highest BCUT2D eigenvalue weighted by Gasteiger charge is 2.31. The van der Waals surface area contributed by atoms with Crippen LogP contribution in [0.4, 0.5) is 0 Å². The van der Waals surface area contributed by atoms with E-state index in [2.05, 4.69) is 0 Å². The molecule has 1 unspecified atom stereocenters. The molecule has 108 valence electrons. The zero-order valence-corrected chi connectivity index (χ0v) is 12.2. The maximum absolute atomic E-state index is 12.6. The Bertz CT molecular complexity index is 632. The summed E-state index contributed by atoms with van der Waals surface area (Å²) in [6.07, 6.45) is 1.64. The Kier molecular flexibility index (Phi) is 4.14. The molecule has 1 aromatic carbocycles. The number of hydrogen-bond donors (Lipinski definition) is 1. The van der Waals surface area contributed by atoms with Crippen molar-refractivity contribution < 1.29 is 13.5 Å². The normalized spacial score (nSPS) is 24.9. The minimum Gasteiger partial charge on any atom is -0.390 e. The van der Waals surface area contributed by atoms with Gasteiger partial charge in [0.15, 0.2) is 0 Å². The first-order chi connectivity index (χ1) is 9.35. The van der Waals surface area contributed by atoms with Gasteiger partial charge in [0.25, 0.3) is 0 Å². The van der Waals surface area contributed by atoms with Crippen LogP contribution in [0.5, 0.6) is 0 Å². The van der Waals surface area contributed by atoms with Gasteiger partial charge in [-0.25, -0.2) is 8.42 Å². The SMILES string of the molecule is CC1(O)CCCN(S(=O)(=O)c2cccc(C#N)c2)CC1. The molecule has 1 fully saturated rings. The number of nitriles is 1. The molecule has 1 heterocycles. The van der Waals surface area contributed by atoms with E-state index in [1.54, 1.807) is 19.1 Å². The molecule has 1 N–H and O–H groups in total. The molecule has 1 saturated heterocycles. The number of nitrogens with zero attached hydrogens (tertiary/aromatic N) is 2. The summed E-state index contributed by atoms with van der Waals surface area (Å²) >= 11 is 0. The van der Waals surface area contributed by atoms with E-state index in [1.165, 1.54) is 16.4 Å². The van der Waals surface area contributed by atoms with Gasteiger partial charge in [-0.15, -0.1) is 0 Å². The molecule has 1 atom stereocenters. The Morgan fingerprint density at radius 1 is 1.35 bits per heavy atom. The molecular weight excluding hydrogens is 276 g/mol. The van der Waals surface area contributed by atoms with Gasteiger partial charge in [-0.3, -0.25) is 0 Å². The van der Waals surface area contributed by atoms with Crippen molar-refractivity contribution in [3.63, 3.8) is 0 Å². The van der Waals surface area contributed by atoms with E-state index in [9.17, 15) is 13.5 Å². The lowest BCUT2D eigenvalue weighted by Gasteiger charge is -2.22. The molecular formula is C14H18N2O3S. The molecule has 0 aromatic heterocycles. The molecule has 0 radical (unpaired) electrons. The number of benzene rings is 1. The van der Waals surface area contributed by atoms with Crippen LogP contribution in [0.2, 0.25) is 0 Å². The second-order valence-electron chi connectivity index (χ2n) is 5.39. The highest BCUT2D eigenvalue weighted by atomic mass is 32.2. The quantitative estimate of drug-likeness (QED) is 0.896. The lowest BCUT2D eigenvalue weighted by atomic mass is 9.98. The van der Waals surface area contributed by atoms with E-state index in [0.29, 0.717) is 37.9 Å². The molecule has 1 aliphatic rings. The van der Waals surface area contributed by atoms with Gasteiger partial charge in [0.05, 0.1) is 22.1 Å². The summed E-state index contributed by atoms with van der Waals surface area (Å²) in [5.41, 5.74) is -0.480. The predicted octanol–water partition coefficient (Wildman–Crippen LogP) is 1.48. The summed E-state index contributed by atoms with van der Waals surface area (Å²) in [7, 11) is -3.60. The van der Waals surface area contributed by atoms with Gasteiger partial charge in [-0.1, -0.05) is 6.07 Å². The summed E-state index contributed by atoms with van der Waals surface area (Å²) < 4.78 is 26.5. The van der Waals surface area contributed by atoms with Crippen molar-refractivity contribution in [2.45, 2.75) is 36.7 Å². The molecule has 0 aliphatic carbocycles. The monoisotopic (exact) mass is 294 g/mol. The van der Waals surface area contributed by atoms with Crippen LogP contribution in [0.25, 0.3) is 0 Å². The summed E-state index contributed by atoms with van der Waals surface area (Å²) in [6.45, 7) is 2.43. The fraction of sp³-hybridized carbons (Fsp3) is 0.500. The fourth-order valence-electron chi connectivity index (χ4n) is 2.35. The summed E-state index contributed by atoms with van der Waals surface area (Å²) in [5.74, 6) is 0. The Morgan fingerprint density at radius 3 is 2.80 bits per heavy atom. The Hall–Kier alpha value is -1.42. The third-order valence-corrected chi connectivity index (χ3v) is 5.52. The van der Waals surface area contributed by atoms with Crippen molar-refractivity contribution in [3.05, 3.63) is 29.8 Å². The summed E-state index contributed by atoms with van der Waals surface area (Å²) in [6, 6.07) is 7.98. The fourth-order valence-corrected chi connectivity index (χ4v) is 3.88. The molecule has 1 aliphatic heterocycles. The van der Waals surface area contributed by atoms with E-state index in [0.717, 1.165) is 0 Å². The van der Waals surface area contributed by atoms with Crippen LogP contribution in [-0.2, 0) is 10.0 Å². The standard InChI is InChI=1S/C14H18N2O3S/c1-14(17)6-3-8-16(9-7-14)20(18,19)13-5-2-4-12(10-13)11-15/h2,4-5,10,17H,3,6-9H2,1H3. The highest BCUT2D eigenvalue weighted by molar-refractivity contribution is 7.89. The third kappa shape index (κ3) is 3.18. The van der Waals surface area contributed by atoms with Crippen molar-refractivity contribution in [2.24, 2.45) is 0 Å². The molecule has 6 heteroatoms. The van der Waals surface area contributed by atoms with Crippen molar-refractivity contribution >= 4 is 10.0 Å². The van der Waals surface area contributed by atoms with Gasteiger partial charge >= 0.3 is 0 Å². The first-order valence-corrected chi connectivity index (χ1v) is 8.02. The van der Waals surface area contributed by atoms with Gasteiger partial charge in [-0.05, 0) is 44.4 Å². The summed E-state index contributed by atoms with van der Waals surface area (Å²) in [4.78, 5) is 0.137. The van der Waals surface area contributed by atoms with E-state index in [4.69, 9.17) is 5.26 Å². The van der Waals surface area contributed by atoms with Crippen LogP contribution in [0.15, 0.2) is 29.2 Å². The number of rotatable bonds is 2. The van der Waals surface area contributed by atoms with Crippen LogP contribution in [0, 0.1) is 11.3 Å². The lowest BCUT2D eigenvalue weighted by Crippen LogP contribution is -2.33. The number of hydrogen-bond acceptors (Lipinski definition) is 4. The Morgan fingerprint density at radius 2 is 2.10 bits per heavy atom. The van der Waals surface area contributed by atoms with Crippen LogP contribution in [0.3, 0.4) is 0 Å². The zero-order chi connectivity index (χ0) is 14.8. The van der Waals surface area contributed by atoms with Gasteiger partial charge in [-0.2, -0.15) is 9.57 Å². The minimum absolute atomic E-state index is 0.137. The maximum atomic E-state index is 12.6. The van der Waals surface area contributed by atoms with E-state index in [-0.39, 0.29) is 4.90 Å². The van der Waals surface area contributed by atoms with Gasteiger partial charge in [0.2, 0.25) is 10.0 Å². The van der Waals surface area contributed by atoms with Gasteiger partial charge < -0.3 is 5.11 Å². The number of sulfonamides is 1. The topological polar surface area (TPSA) is 81.4 Å². The van der Waals surface area contributed by atoms with Crippen molar-refractivity contribution in [1.29, 1.82) is 5.26 Å². The van der Waals surface area contributed by atoms with E-state index in [1.807, 2.05) is 6.07 Å². The van der Waals surface area contributed by atoms with Crippen LogP contribution in [0.1, 0.15) is 31.7 Å². The third-order valence-electron chi connectivity index (χ3n) is 3.62. The Balaban J connectivity index is 2.28. The first-order valence-electron chi connectivity index (χ1n) is 6.58.